The molecule has 10 heteroatoms. The second-order valence-electron chi connectivity index (χ2n) is 7.44. The molecule has 3 N–H and O–H groups in total. The summed E-state index contributed by atoms with van der Waals surface area (Å²) in [5.41, 5.74) is 1.86. The number of rotatable bonds is 7. The number of aromatic nitrogens is 1. The van der Waals surface area contributed by atoms with E-state index in [1.54, 1.807) is 6.07 Å². The Kier molecular flexibility index (Phi) is 8.92. The van der Waals surface area contributed by atoms with Gasteiger partial charge in [0.25, 0.3) is 0 Å². The van der Waals surface area contributed by atoms with E-state index in [9.17, 15) is 12.8 Å². The van der Waals surface area contributed by atoms with Gasteiger partial charge in [-0.25, -0.2) is 12.8 Å². The molecular formula is C20H30FIN4O3S. The molecule has 3 rings (SSSR count). The quantitative estimate of drug-likeness (QED) is 0.279. The van der Waals surface area contributed by atoms with Crippen molar-refractivity contribution in [2.45, 2.75) is 30.9 Å². The molecule has 0 unspecified atom stereocenters. The zero-order valence-corrected chi connectivity index (χ0v) is 20.5. The zero-order valence-electron chi connectivity index (χ0n) is 17.3. The minimum atomic E-state index is -3.26. The maximum absolute atomic E-state index is 13.3. The van der Waals surface area contributed by atoms with E-state index < -0.39 is 14.6 Å². The summed E-state index contributed by atoms with van der Waals surface area (Å²) in [5, 5.41) is 7.43. The summed E-state index contributed by atoms with van der Waals surface area (Å²) in [6.07, 6.45) is 4.81. The number of aromatic amines is 1. The van der Waals surface area contributed by atoms with Crippen molar-refractivity contribution in [2.24, 2.45) is 4.99 Å². The second-order valence-corrected chi connectivity index (χ2v) is 9.85. The normalized spacial score (nSPS) is 16.8. The molecule has 1 aliphatic rings. The molecule has 1 aliphatic heterocycles. The van der Waals surface area contributed by atoms with Gasteiger partial charge in [-0.05, 0) is 49.9 Å². The molecule has 2 heterocycles. The van der Waals surface area contributed by atoms with Gasteiger partial charge in [0.1, 0.15) is 5.82 Å². The van der Waals surface area contributed by atoms with E-state index in [1.165, 1.54) is 18.4 Å². The van der Waals surface area contributed by atoms with Crippen LogP contribution in [0.1, 0.15) is 25.3 Å². The summed E-state index contributed by atoms with van der Waals surface area (Å²) >= 11 is 0. The number of sulfone groups is 1. The molecule has 0 atom stereocenters. The Bertz CT molecular complexity index is 972. The van der Waals surface area contributed by atoms with Crippen LogP contribution in [0, 0.1) is 5.82 Å². The van der Waals surface area contributed by atoms with E-state index in [-0.39, 0.29) is 36.3 Å². The minimum Gasteiger partial charge on any atom is -0.381 e. The molecule has 0 aliphatic carbocycles. The van der Waals surface area contributed by atoms with Gasteiger partial charge >= 0.3 is 0 Å². The standard InChI is InChI=1S/C20H29FN4O3S.HI/c1-3-22-19(25-14-20(29(2,26)27)7-10-28-11-8-20)23-9-6-15-13-24-18-12-16(21)4-5-17(15)18;/h4-5,12-13,24H,3,6-11,14H2,1-2H3,(H2,22,23,25);1H. The molecule has 1 aromatic heterocycles. The van der Waals surface area contributed by atoms with E-state index in [0.29, 0.717) is 45.1 Å². The monoisotopic (exact) mass is 552 g/mol. The summed E-state index contributed by atoms with van der Waals surface area (Å²) in [7, 11) is -3.26. The summed E-state index contributed by atoms with van der Waals surface area (Å²) in [5.74, 6) is 0.325. The first kappa shape index (κ1) is 24.9. The molecule has 1 aromatic carbocycles. The highest BCUT2D eigenvalue weighted by atomic mass is 127. The largest absolute Gasteiger partial charge is 0.381 e. The van der Waals surface area contributed by atoms with E-state index in [4.69, 9.17) is 4.74 Å². The Labute approximate surface area is 194 Å². The van der Waals surface area contributed by atoms with Crippen LogP contribution in [0.5, 0.6) is 0 Å². The van der Waals surface area contributed by atoms with E-state index in [0.717, 1.165) is 22.9 Å². The summed E-state index contributed by atoms with van der Waals surface area (Å²) < 4.78 is 42.6. The number of hydrogen-bond donors (Lipinski definition) is 3. The van der Waals surface area contributed by atoms with E-state index in [2.05, 4.69) is 20.6 Å². The third-order valence-electron chi connectivity index (χ3n) is 5.48. The van der Waals surface area contributed by atoms with Crippen molar-refractivity contribution >= 4 is 50.7 Å². The number of aliphatic imine (C=N–C) groups is 1. The lowest BCUT2D eigenvalue weighted by atomic mass is 9.99. The lowest BCUT2D eigenvalue weighted by Gasteiger charge is -2.34. The number of benzene rings is 1. The van der Waals surface area contributed by atoms with Crippen LogP contribution < -0.4 is 10.6 Å². The third kappa shape index (κ3) is 5.85. The number of nitrogens with zero attached hydrogens (tertiary/aromatic N) is 1. The molecule has 1 fully saturated rings. The number of fused-ring (bicyclic) bond motifs is 1. The average molecular weight is 552 g/mol. The van der Waals surface area contributed by atoms with Gasteiger partial charge in [0, 0.05) is 49.7 Å². The third-order valence-corrected chi connectivity index (χ3v) is 7.59. The highest BCUT2D eigenvalue weighted by Crippen LogP contribution is 2.29. The van der Waals surface area contributed by atoms with Gasteiger partial charge in [-0.3, -0.25) is 4.99 Å². The summed E-state index contributed by atoms with van der Waals surface area (Å²) in [6, 6.07) is 4.71. The van der Waals surface area contributed by atoms with Crippen molar-refractivity contribution < 1.29 is 17.5 Å². The number of H-pyrrole nitrogens is 1. The molecule has 0 spiro atoms. The van der Waals surface area contributed by atoms with Gasteiger partial charge in [-0.1, -0.05) is 0 Å². The first-order chi connectivity index (χ1) is 13.8. The maximum Gasteiger partial charge on any atom is 0.191 e. The topological polar surface area (TPSA) is 95.6 Å². The Morgan fingerprint density at radius 1 is 1.30 bits per heavy atom. The van der Waals surface area contributed by atoms with Crippen LogP contribution in [0.25, 0.3) is 10.9 Å². The fourth-order valence-electron chi connectivity index (χ4n) is 3.64. The number of nitrogens with one attached hydrogen (secondary N) is 3. The predicted molar refractivity (Wildman–Crippen MR) is 129 cm³/mol. The SMILES string of the molecule is CCNC(=NCC1(S(C)(=O)=O)CCOCC1)NCCc1c[nH]c2cc(F)ccc12.I. The fourth-order valence-corrected chi connectivity index (χ4v) is 4.84. The first-order valence-electron chi connectivity index (χ1n) is 9.90. The fraction of sp³-hybridized carbons (Fsp3) is 0.550. The summed E-state index contributed by atoms with van der Waals surface area (Å²) in [6.45, 7) is 4.34. The Morgan fingerprint density at radius 2 is 2.03 bits per heavy atom. The van der Waals surface area contributed by atoms with Crippen LogP contribution in [0.3, 0.4) is 0 Å². The van der Waals surface area contributed by atoms with Crippen LogP contribution in [0.4, 0.5) is 4.39 Å². The molecule has 1 saturated heterocycles. The highest BCUT2D eigenvalue weighted by molar-refractivity contribution is 14.0. The molecule has 7 nitrogen and oxygen atoms in total. The number of hydrogen-bond acceptors (Lipinski definition) is 4. The molecule has 168 valence electrons. The van der Waals surface area contributed by atoms with E-state index in [1.807, 2.05) is 13.1 Å². The van der Waals surface area contributed by atoms with Gasteiger partial charge in [0.2, 0.25) is 0 Å². The number of halogens is 2. The van der Waals surface area contributed by atoms with Gasteiger partial charge in [-0.15, -0.1) is 24.0 Å². The average Bonchev–Trinajstić information content (AvgIpc) is 3.08. The Morgan fingerprint density at radius 3 is 2.70 bits per heavy atom. The van der Waals surface area contributed by atoms with E-state index >= 15 is 0 Å². The van der Waals surface area contributed by atoms with Crippen molar-refractivity contribution in [1.82, 2.24) is 15.6 Å². The smallest absolute Gasteiger partial charge is 0.191 e. The van der Waals surface area contributed by atoms with Gasteiger partial charge in [0.05, 0.1) is 11.3 Å². The lowest BCUT2D eigenvalue weighted by molar-refractivity contribution is 0.0768. The molecule has 0 saturated carbocycles. The van der Waals surface area contributed by atoms with Crippen molar-refractivity contribution in [3.63, 3.8) is 0 Å². The molecule has 0 amide bonds. The molecular weight excluding hydrogens is 522 g/mol. The zero-order chi connectivity index (χ0) is 20.9. The molecule has 0 bridgehead atoms. The Balaban J connectivity index is 0.00000320. The van der Waals surface area contributed by atoms with Crippen molar-refractivity contribution in [1.29, 1.82) is 0 Å². The number of ether oxygens (including phenoxy) is 1. The number of guanidine groups is 1. The predicted octanol–water partition coefficient (Wildman–Crippen LogP) is 2.62. The minimum absolute atomic E-state index is 0. The van der Waals surface area contributed by atoms with Crippen LogP contribution in [-0.4, -0.2) is 63.2 Å². The Hall–Kier alpha value is -1.40. The van der Waals surface area contributed by atoms with Crippen molar-refractivity contribution in [2.75, 3.05) is 39.1 Å². The van der Waals surface area contributed by atoms with Gasteiger partial charge < -0.3 is 20.4 Å². The maximum atomic E-state index is 13.3. The molecule has 2 aromatic rings. The van der Waals surface area contributed by atoms with Crippen LogP contribution in [0.15, 0.2) is 29.4 Å². The van der Waals surface area contributed by atoms with Crippen LogP contribution in [-0.2, 0) is 21.0 Å². The second kappa shape index (κ2) is 10.8. The van der Waals surface area contributed by atoms with Crippen molar-refractivity contribution in [3.8, 4) is 0 Å². The van der Waals surface area contributed by atoms with Gasteiger partial charge in [-0.2, -0.15) is 0 Å². The van der Waals surface area contributed by atoms with Crippen LogP contribution in [0.2, 0.25) is 0 Å². The summed E-state index contributed by atoms with van der Waals surface area (Å²) in [4.78, 5) is 7.66. The lowest BCUT2D eigenvalue weighted by Crippen LogP contribution is -2.47. The highest BCUT2D eigenvalue weighted by Gasteiger charge is 2.42. The first-order valence-corrected chi connectivity index (χ1v) is 11.8. The van der Waals surface area contributed by atoms with Crippen LogP contribution >= 0.6 is 24.0 Å². The van der Waals surface area contributed by atoms with Gasteiger partial charge in [0.15, 0.2) is 15.8 Å². The van der Waals surface area contributed by atoms with Crippen molar-refractivity contribution in [3.05, 3.63) is 35.8 Å². The molecule has 30 heavy (non-hydrogen) atoms. The molecule has 0 radical (unpaired) electrons.